The zero-order valence-electron chi connectivity index (χ0n) is 25.6. The zero-order chi connectivity index (χ0) is 37.0. The molecule has 10 atom stereocenters. The second-order valence-corrected chi connectivity index (χ2v) is 15.1. The molecule has 6 heterocycles. The fourth-order valence-electron chi connectivity index (χ4n) is 5.40. The molecule has 2 saturated heterocycles. The first-order valence-corrected chi connectivity index (χ1v) is 18.7. The first-order valence-electron chi connectivity index (χ1n) is 14.1. The van der Waals surface area contributed by atoms with E-state index >= 15 is 0 Å². The number of H-pyrrole nitrogens is 1. The fourth-order valence-corrected chi connectivity index (χ4v) is 7.96. The summed E-state index contributed by atoms with van der Waals surface area (Å²) in [5.41, 5.74) is 10.8. The molecule has 0 aromatic carbocycles. The number of nitrogens with zero attached hydrogens (tertiary/aromatic N) is 7. The van der Waals surface area contributed by atoms with Gasteiger partial charge in [-0.05, 0) is 0 Å². The molecule has 11 N–H and O–H groups in total. The number of aliphatic hydroxyl groups excluding tert-OH is 2. The van der Waals surface area contributed by atoms with Crippen LogP contribution in [0.2, 0.25) is 0 Å². The van der Waals surface area contributed by atoms with Crippen LogP contribution in [0.3, 0.4) is 0 Å². The first-order chi connectivity index (χ1) is 23.9. The lowest BCUT2D eigenvalue weighted by Crippen LogP contribution is -2.38. The van der Waals surface area contributed by atoms with Crippen LogP contribution in [0.4, 0.5) is 11.8 Å². The van der Waals surface area contributed by atoms with Crippen LogP contribution in [0.1, 0.15) is 12.5 Å². The molecule has 4 aromatic rings. The minimum atomic E-state index is -5.52. The van der Waals surface area contributed by atoms with Gasteiger partial charge in [0.2, 0.25) is 5.95 Å². The molecule has 280 valence electrons. The van der Waals surface area contributed by atoms with E-state index in [1.165, 1.54) is 10.9 Å². The Kier molecular flexibility index (Phi) is 10.2. The third-order valence-electron chi connectivity index (χ3n) is 7.55. The number of nitrogens with one attached hydrogen (secondary N) is 1. The van der Waals surface area contributed by atoms with Crippen LogP contribution in [0.5, 0.6) is 0 Å². The molecular weight excluding hydrogens is 757 g/mol. The number of aromatic nitrogens is 8. The van der Waals surface area contributed by atoms with E-state index in [1.807, 2.05) is 0 Å². The van der Waals surface area contributed by atoms with Gasteiger partial charge in [0, 0.05) is 7.11 Å². The number of imidazole rings is 2. The molecule has 30 heteroatoms. The predicted octanol–water partition coefficient (Wildman–Crippen LogP) is -2.62. The number of hydrogen-bond acceptors (Lipinski definition) is 20. The normalized spacial score (nSPS) is 29.5. The number of aliphatic hydroxyl groups is 2. The van der Waals surface area contributed by atoms with Gasteiger partial charge in [-0.1, -0.05) is 0 Å². The van der Waals surface area contributed by atoms with Gasteiger partial charge in [-0.25, -0.2) is 33.6 Å². The topological polar surface area (TPSA) is 396 Å². The van der Waals surface area contributed by atoms with E-state index in [9.17, 15) is 38.5 Å². The summed E-state index contributed by atoms with van der Waals surface area (Å²) in [6.45, 7) is -1.93. The second kappa shape index (κ2) is 13.9. The van der Waals surface area contributed by atoms with Crippen molar-refractivity contribution >= 4 is 57.6 Å². The SMILES string of the molecule is CO[C@H]1[C@@H](OP(=O)(O)OC[C@H]2O[C@@H](n3cnc4c(=O)[nH]c(N)nc43)C(O)C2O)[C@@H](COP(=O)(O)OP(=O)(O)O)O[C@H]1n1cnc2c(N)ncnc21. The number of aromatic amines is 1. The lowest BCUT2D eigenvalue weighted by atomic mass is 10.1. The van der Waals surface area contributed by atoms with Crippen molar-refractivity contribution in [1.82, 2.24) is 39.0 Å². The minimum Gasteiger partial charge on any atom is -0.387 e. The Bertz CT molecular complexity index is 2130. The molecule has 4 aromatic heterocycles. The number of rotatable bonds is 13. The second-order valence-electron chi connectivity index (χ2n) is 10.8. The summed E-state index contributed by atoms with van der Waals surface area (Å²) < 4.78 is 75.0. The molecule has 0 spiro atoms. The highest BCUT2D eigenvalue weighted by atomic mass is 31.3. The standard InChI is InChI=1S/C21H29N10O17P3/c1-42-14-13(8(3-44-51(40,41)48-49(35,36)37)46-20(14)30-5-26-9-15(22)24-4-25-16(9)30)47-50(38,39)43-2-7-11(32)12(33)19(45-7)31-6-27-10-17(31)28-21(23)29-18(10)34/h4-8,11-14,19-20,32-33H,2-3H2,1H3,(H,38,39)(H,40,41)(H2,22,24,25)(H2,35,36,37)(H3,23,28,29,34)/t7-,8-,11?,12?,13+,14+,19-,20-/m1/s1. The summed E-state index contributed by atoms with van der Waals surface area (Å²) in [7, 11) is -15.1. The Morgan fingerprint density at radius 2 is 1.47 bits per heavy atom. The molecular formula is C21H29N10O17P3. The molecule has 51 heavy (non-hydrogen) atoms. The van der Waals surface area contributed by atoms with Gasteiger partial charge in [-0.3, -0.25) is 32.5 Å². The van der Waals surface area contributed by atoms with E-state index in [1.54, 1.807) is 0 Å². The van der Waals surface area contributed by atoms with Gasteiger partial charge in [0.15, 0.2) is 35.1 Å². The van der Waals surface area contributed by atoms with Crippen molar-refractivity contribution in [3.05, 3.63) is 29.3 Å². The Morgan fingerprint density at radius 1 is 0.843 bits per heavy atom. The number of nitrogen functional groups attached to an aromatic ring is 2. The van der Waals surface area contributed by atoms with Gasteiger partial charge in [0.1, 0.15) is 48.5 Å². The molecule has 0 saturated carbocycles. The van der Waals surface area contributed by atoms with Gasteiger partial charge >= 0.3 is 23.5 Å². The molecule has 6 rings (SSSR count). The van der Waals surface area contributed by atoms with Crippen molar-refractivity contribution in [1.29, 1.82) is 0 Å². The summed E-state index contributed by atoms with van der Waals surface area (Å²) in [6, 6.07) is 0. The van der Waals surface area contributed by atoms with E-state index in [0.717, 1.165) is 24.3 Å². The monoisotopic (exact) mass is 786 g/mol. The van der Waals surface area contributed by atoms with Crippen LogP contribution in [-0.4, -0.2) is 126 Å². The number of ether oxygens (including phenoxy) is 3. The van der Waals surface area contributed by atoms with Crippen LogP contribution in [0.15, 0.2) is 23.8 Å². The maximum absolute atomic E-state index is 13.3. The summed E-state index contributed by atoms with van der Waals surface area (Å²) in [5, 5.41) is 21.4. The Labute approximate surface area is 282 Å². The third kappa shape index (κ3) is 7.74. The highest BCUT2D eigenvalue weighted by Crippen LogP contribution is 2.58. The number of phosphoric acid groups is 3. The molecule has 2 aliphatic rings. The molecule has 0 bridgehead atoms. The van der Waals surface area contributed by atoms with Crippen LogP contribution in [0, 0.1) is 0 Å². The average Bonchev–Trinajstić information content (AvgIpc) is 3.79. The number of hydrogen-bond donors (Lipinski definition) is 9. The Balaban J connectivity index is 1.21. The van der Waals surface area contributed by atoms with Gasteiger partial charge in [0.05, 0.1) is 25.9 Å². The van der Waals surface area contributed by atoms with E-state index in [2.05, 4.69) is 38.7 Å². The van der Waals surface area contributed by atoms with E-state index < -0.39 is 91.3 Å². The fraction of sp³-hybridized carbons (Fsp3) is 0.524. The maximum Gasteiger partial charge on any atom is 0.481 e. The van der Waals surface area contributed by atoms with E-state index in [0.29, 0.717) is 0 Å². The summed E-state index contributed by atoms with van der Waals surface area (Å²) in [6.07, 6.45) is -8.95. The summed E-state index contributed by atoms with van der Waals surface area (Å²) in [4.78, 5) is 72.8. The maximum atomic E-state index is 13.3. The number of phosphoric ester groups is 2. The lowest BCUT2D eigenvalue weighted by Gasteiger charge is -2.26. The van der Waals surface area contributed by atoms with Gasteiger partial charge < -0.3 is 55.5 Å². The zero-order valence-corrected chi connectivity index (χ0v) is 28.2. The number of methoxy groups -OCH3 is 1. The quantitative estimate of drug-likeness (QED) is 0.0626. The highest BCUT2D eigenvalue weighted by Gasteiger charge is 2.52. The molecule has 2 fully saturated rings. The van der Waals surface area contributed by atoms with Crippen molar-refractivity contribution in [2.75, 3.05) is 31.8 Å². The third-order valence-corrected chi connectivity index (χ3v) is 10.7. The Morgan fingerprint density at radius 3 is 2.16 bits per heavy atom. The van der Waals surface area contributed by atoms with Crippen molar-refractivity contribution in [3.63, 3.8) is 0 Å². The molecule has 0 aliphatic carbocycles. The number of fused-ring (bicyclic) bond motifs is 2. The van der Waals surface area contributed by atoms with Gasteiger partial charge in [-0.15, -0.1) is 0 Å². The first kappa shape index (κ1) is 37.4. The van der Waals surface area contributed by atoms with E-state index in [4.69, 9.17) is 44.5 Å². The Hall–Kier alpha value is -3.33. The molecule has 0 radical (unpaired) electrons. The highest BCUT2D eigenvalue weighted by molar-refractivity contribution is 7.60. The van der Waals surface area contributed by atoms with Gasteiger partial charge in [-0.2, -0.15) is 9.29 Å². The van der Waals surface area contributed by atoms with E-state index in [-0.39, 0.29) is 34.1 Å². The number of nitrogens with two attached hydrogens (primary N) is 2. The summed E-state index contributed by atoms with van der Waals surface area (Å²) >= 11 is 0. The van der Waals surface area contributed by atoms with Crippen LogP contribution in [0.25, 0.3) is 22.3 Å². The smallest absolute Gasteiger partial charge is 0.387 e. The van der Waals surface area contributed by atoms with Crippen molar-refractivity contribution in [3.8, 4) is 0 Å². The summed E-state index contributed by atoms with van der Waals surface area (Å²) in [5.74, 6) is -0.284. The van der Waals surface area contributed by atoms with Crippen LogP contribution in [-0.2, 0) is 45.8 Å². The largest absolute Gasteiger partial charge is 0.481 e. The van der Waals surface area contributed by atoms with Crippen molar-refractivity contribution in [2.24, 2.45) is 0 Å². The van der Waals surface area contributed by atoms with Crippen molar-refractivity contribution in [2.45, 2.75) is 49.1 Å². The van der Waals surface area contributed by atoms with Gasteiger partial charge in [0.25, 0.3) is 5.56 Å². The van der Waals surface area contributed by atoms with Crippen LogP contribution >= 0.6 is 23.5 Å². The molecule has 2 aliphatic heterocycles. The molecule has 4 unspecified atom stereocenters. The van der Waals surface area contributed by atoms with Crippen LogP contribution < -0.4 is 17.0 Å². The lowest BCUT2D eigenvalue weighted by molar-refractivity contribution is -0.0581. The predicted molar refractivity (Wildman–Crippen MR) is 162 cm³/mol. The molecule has 0 amide bonds. The average molecular weight is 786 g/mol. The molecule has 27 nitrogen and oxygen atoms in total. The number of anilines is 2. The van der Waals surface area contributed by atoms with Crippen molar-refractivity contribution < 1.29 is 75.6 Å². The minimum absolute atomic E-state index is 0.0126.